The summed E-state index contributed by atoms with van der Waals surface area (Å²) in [6.45, 7) is 8.94. The maximum atomic E-state index is 4.41. The normalized spacial score (nSPS) is 12.4. The van der Waals surface area contributed by atoms with Crippen molar-refractivity contribution in [3.8, 4) is 0 Å². The van der Waals surface area contributed by atoms with Crippen molar-refractivity contribution in [3.05, 3.63) is 36.4 Å². The predicted octanol–water partition coefficient (Wildman–Crippen LogP) is 3.18. The average molecular weight is 233 g/mol. The van der Waals surface area contributed by atoms with Crippen molar-refractivity contribution in [2.75, 3.05) is 6.54 Å². The number of nitrogens with zero attached hydrogens (tertiary/aromatic N) is 2. The van der Waals surface area contributed by atoms with E-state index in [0.717, 1.165) is 43.6 Å². The maximum absolute atomic E-state index is 4.41. The van der Waals surface area contributed by atoms with Gasteiger partial charge in [0.1, 0.15) is 5.82 Å². The van der Waals surface area contributed by atoms with E-state index in [1.165, 1.54) is 0 Å². The summed E-state index contributed by atoms with van der Waals surface area (Å²) in [7, 11) is 0. The summed E-state index contributed by atoms with van der Waals surface area (Å²) in [5.41, 5.74) is 1.11. The molecule has 1 heterocycles. The zero-order chi connectivity index (χ0) is 12.5. The van der Waals surface area contributed by atoms with E-state index in [4.69, 9.17) is 0 Å². The molecule has 94 valence electrons. The summed E-state index contributed by atoms with van der Waals surface area (Å²) in [4.78, 5) is 8.82. The molecule has 1 unspecified atom stereocenters. The molecule has 0 saturated carbocycles. The molecule has 0 spiro atoms. The highest BCUT2D eigenvalue weighted by molar-refractivity contribution is 5.04. The van der Waals surface area contributed by atoms with Gasteiger partial charge in [0.05, 0.1) is 6.04 Å². The van der Waals surface area contributed by atoms with Crippen LogP contribution in [-0.4, -0.2) is 16.5 Å². The SMILES string of the molecule is C=CCCCC(NCCC)c1ncc(C)cn1. The smallest absolute Gasteiger partial charge is 0.145 e. The topological polar surface area (TPSA) is 37.8 Å². The van der Waals surface area contributed by atoms with Gasteiger partial charge in [0.2, 0.25) is 0 Å². The van der Waals surface area contributed by atoms with Gasteiger partial charge < -0.3 is 5.32 Å². The Hall–Kier alpha value is -1.22. The number of allylic oxidation sites excluding steroid dienone is 1. The van der Waals surface area contributed by atoms with E-state index in [0.29, 0.717) is 0 Å². The van der Waals surface area contributed by atoms with Crippen LogP contribution in [-0.2, 0) is 0 Å². The molecular weight excluding hydrogens is 210 g/mol. The minimum atomic E-state index is 0.274. The molecule has 1 rings (SSSR count). The molecule has 0 aliphatic rings. The monoisotopic (exact) mass is 233 g/mol. The zero-order valence-corrected chi connectivity index (χ0v) is 10.9. The summed E-state index contributed by atoms with van der Waals surface area (Å²) in [6, 6.07) is 0.274. The summed E-state index contributed by atoms with van der Waals surface area (Å²) in [5, 5.41) is 3.50. The fourth-order valence-corrected chi connectivity index (χ4v) is 1.69. The highest BCUT2D eigenvalue weighted by atomic mass is 15.0. The van der Waals surface area contributed by atoms with Gasteiger partial charge in [-0.25, -0.2) is 9.97 Å². The summed E-state index contributed by atoms with van der Waals surface area (Å²) < 4.78 is 0. The van der Waals surface area contributed by atoms with E-state index in [1.54, 1.807) is 0 Å². The molecule has 17 heavy (non-hydrogen) atoms. The first-order chi connectivity index (χ1) is 8.27. The lowest BCUT2D eigenvalue weighted by molar-refractivity contribution is 0.465. The molecule has 0 aliphatic heterocycles. The number of hydrogen-bond acceptors (Lipinski definition) is 3. The van der Waals surface area contributed by atoms with Crippen LogP contribution in [0.25, 0.3) is 0 Å². The van der Waals surface area contributed by atoms with Gasteiger partial charge in [-0.1, -0.05) is 13.0 Å². The van der Waals surface area contributed by atoms with Crippen molar-refractivity contribution in [3.63, 3.8) is 0 Å². The summed E-state index contributed by atoms with van der Waals surface area (Å²) in [5.74, 6) is 0.910. The molecule has 0 fully saturated rings. The first-order valence-corrected chi connectivity index (χ1v) is 6.40. The molecule has 0 aromatic carbocycles. The van der Waals surface area contributed by atoms with Crippen molar-refractivity contribution in [2.45, 2.75) is 45.6 Å². The zero-order valence-electron chi connectivity index (χ0n) is 10.9. The van der Waals surface area contributed by atoms with Crippen LogP contribution in [0.5, 0.6) is 0 Å². The lowest BCUT2D eigenvalue weighted by Gasteiger charge is -2.16. The third kappa shape index (κ3) is 5.09. The van der Waals surface area contributed by atoms with Crippen LogP contribution in [0.4, 0.5) is 0 Å². The van der Waals surface area contributed by atoms with Crippen molar-refractivity contribution >= 4 is 0 Å². The molecule has 1 atom stereocenters. The molecule has 3 heteroatoms. The van der Waals surface area contributed by atoms with Gasteiger partial charge in [0.15, 0.2) is 0 Å². The van der Waals surface area contributed by atoms with E-state index in [1.807, 2.05) is 25.4 Å². The maximum Gasteiger partial charge on any atom is 0.145 e. The Morgan fingerprint density at radius 2 is 2.12 bits per heavy atom. The van der Waals surface area contributed by atoms with Gasteiger partial charge in [-0.3, -0.25) is 0 Å². The summed E-state index contributed by atoms with van der Waals surface area (Å²) in [6.07, 6.45) is 10.1. The second-order valence-electron chi connectivity index (χ2n) is 4.34. The third-order valence-electron chi connectivity index (χ3n) is 2.65. The fourth-order valence-electron chi connectivity index (χ4n) is 1.69. The molecular formula is C14H23N3. The van der Waals surface area contributed by atoms with Crippen LogP contribution >= 0.6 is 0 Å². The highest BCUT2D eigenvalue weighted by Gasteiger charge is 2.12. The molecule has 0 amide bonds. The van der Waals surface area contributed by atoms with Gasteiger partial charge in [-0.05, 0) is 44.7 Å². The van der Waals surface area contributed by atoms with Crippen LogP contribution in [0.15, 0.2) is 25.0 Å². The van der Waals surface area contributed by atoms with Crippen LogP contribution in [0.2, 0.25) is 0 Å². The molecule has 0 aliphatic carbocycles. The molecule has 3 nitrogen and oxygen atoms in total. The first kappa shape index (κ1) is 13.8. The minimum absolute atomic E-state index is 0.274. The van der Waals surface area contributed by atoms with E-state index in [-0.39, 0.29) is 6.04 Å². The lowest BCUT2D eigenvalue weighted by atomic mass is 10.1. The molecule has 0 bridgehead atoms. The largest absolute Gasteiger partial charge is 0.307 e. The number of aryl methyl sites for hydroxylation is 1. The molecule has 0 saturated heterocycles. The second kappa shape index (κ2) is 7.96. The first-order valence-electron chi connectivity index (χ1n) is 6.40. The number of rotatable bonds is 8. The van der Waals surface area contributed by atoms with Gasteiger partial charge in [-0.15, -0.1) is 6.58 Å². The van der Waals surface area contributed by atoms with Gasteiger partial charge in [0, 0.05) is 12.4 Å². The Balaban J connectivity index is 2.60. The van der Waals surface area contributed by atoms with Crippen LogP contribution in [0.1, 0.15) is 50.0 Å². The standard InChI is InChI=1S/C14H23N3/c1-4-6-7-8-13(15-9-5-2)14-16-10-12(3)11-17-14/h4,10-11,13,15H,1,5-9H2,2-3H3. The van der Waals surface area contributed by atoms with E-state index in [2.05, 4.69) is 28.8 Å². The number of nitrogens with one attached hydrogen (secondary N) is 1. The molecule has 1 aromatic rings. The van der Waals surface area contributed by atoms with Crippen molar-refractivity contribution < 1.29 is 0 Å². The van der Waals surface area contributed by atoms with E-state index >= 15 is 0 Å². The predicted molar refractivity (Wildman–Crippen MR) is 71.9 cm³/mol. The minimum Gasteiger partial charge on any atom is -0.307 e. The van der Waals surface area contributed by atoms with Crippen LogP contribution in [0.3, 0.4) is 0 Å². The van der Waals surface area contributed by atoms with Gasteiger partial charge >= 0.3 is 0 Å². The van der Waals surface area contributed by atoms with Crippen molar-refractivity contribution in [1.29, 1.82) is 0 Å². The van der Waals surface area contributed by atoms with Crippen LogP contribution < -0.4 is 5.32 Å². The molecule has 0 radical (unpaired) electrons. The van der Waals surface area contributed by atoms with Crippen molar-refractivity contribution in [1.82, 2.24) is 15.3 Å². The van der Waals surface area contributed by atoms with Gasteiger partial charge in [0.25, 0.3) is 0 Å². The fraction of sp³-hybridized carbons (Fsp3) is 0.571. The molecule has 1 aromatic heterocycles. The molecule has 1 N–H and O–H groups in total. The third-order valence-corrected chi connectivity index (χ3v) is 2.65. The number of hydrogen-bond donors (Lipinski definition) is 1. The number of unbranched alkanes of at least 4 members (excludes halogenated alkanes) is 1. The van der Waals surface area contributed by atoms with Crippen molar-refractivity contribution in [2.24, 2.45) is 0 Å². The Morgan fingerprint density at radius 1 is 1.41 bits per heavy atom. The van der Waals surface area contributed by atoms with Crippen LogP contribution in [0, 0.1) is 6.92 Å². The Bertz CT molecular complexity index is 319. The van der Waals surface area contributed by atoms with E-state index < -0.39 is 0 Å². The number of aromatic nitrogens is 2. The Morgan fingerprint density at radius 3 is 2.71 bits per heavy atom. The quantitative estimate of drug-likeness (QED) is 0.553. The average Bonchev–Trinajstić information content (AvgIpc) is 2.35. The highest BCUT2D eigenvalue weighted by Crippen LogP contribution is 2.15. The summed E-state index contributed by atoms with van der Waals surface area (Å²) >= 11 is 0. The lowest BCUT2D eigenvalue weighted by Crippen LogP contribution is -2.24. The van der Waals surface area contributed by atoms with Gasteiger partial charge in [-0.2, -0.15) is 0 Å². The Labute approximate surface area is 104 Å². The second-order valence-corrected chi connectivity index (χ2v) is 4.34. The Kier molecular flexibility index (Phi) is 6.48. The van der Waals surface area contributed by atoms with E-state index in [9.17, 15) is 0 Å².